The molecule has 4 amide bonds. The van der Waals surface area contributed by atoms with Gasteiger partial charge in [-0.3, -0.25) is 39.2 Å². The number of benzene rings is 3. The number of nitrogens with one attached hydrogen (secondary N) is 3. The van der Waals surface area contributed by atoms with E-state index in [9.17, 15) is 23.7 Å². The molecule has 308 valence electrons. The summed E-state index contributed by atoms with van der Waals surface area (Å²) in [5.41, 5.74) is 4.01. The molecule has 3 saturated heterocycles. The SMILES string of the molecule is COc1cc(N2CCN(C3CCN(Cc4ccc5c(c4)C(=O)N(C4CCC(=O)NC4=O)C5=O)CC3)CC2)ccc1Nc1ncc(Cl)c(Nc2ccccc2P(C)(C)=O)n1. The Kier molecular flexibility index (Phi) is 11.5. The van der Waals surface area contributed by atoms with Gasteiger partial charge < -0.3 is 24.8 Å². The van der Waals surface area contributed by atoms with Crippen molar-refractivity contribution in [2.45, 2.75) is 44.3 Å². The molecule has 8 rings (SSSR count). The highest BCUT2D eigenvalue weighted by molar-refractivity contribution is 7.70. The number of rotatable bonds is 11. The lowest BCUT2D eigenvalue weighted by molar-refractivity contribution is -0.136. The number of piperazine rings is 1. The number of methoxy groups -OCH3 is 1. The third-order valence-corrected chi connectivity index (χ3v) is 13.4. The van der Waals surface area contributed by atoms with E-state index in [1.165, 1.54) is 6.20 Å². The van der Waals surface area contributed by atoms with Crippen molar-refractivity contribution < 1.29 is 28.5 Å². The highest BCUT2D eigenvalue weighted by Crippen LogP contribution is 2.39. The second-order valence-electron chi connectivity index (χ2n) is 15.8. The van der Waals surface area contributed by atoms with Gasteiger partial charge in [-0.15, -0.1) is 0 Å². The van der Waals surface area contributed by atoms with E-state index in [-0.39, 0.29) is 12.8 Å². The summed E-state index contributed by atoms with van der Waals surface area (Å²) in [5.74, 6) is -0.597. The summed E-state index contributed by atoms with van der Waals surface area (Å²) in [6.07, 6.45) is 3.82. The van der Waals surface area contributed by atoms with E-state index in [2.05, 4.69) is 46.7 Å². The smallest absolute Gasteiger partial charge is 0.262 e. The van der Waals surface area contributed by atoms with E-state index >= 15 is 0 Å². The number of carbonyl (C=O) groups is 4. The first-order chi connectivity index (χ1) is 28.4. The fourth-order valence-corrected chi connectivity index (χ4v) is 9.75. The van der Waals surface area contributed by atoms with Gasteiger partial charge in [0.25, 0.3) is 11.8 Å². The van der Waals surface area contributed by atoms with Crippen LogP contribution in [0.5, 0.6) is 5.75 Å². The van der Waals surface area contributed by atoms with Gasteiger partial charge in [0.15, 0.2) is 5.82 Å². The molecule has 4 aliphatic rings. The minimum absolute atomic E-state index is 0.0916. The molecule has 0 spiro atoms. The van der Waals surface area contributed by atoms with Gasteiger partial charge in [0.1, 0.15) is 24.0 Å². The number of fused-ring (bicyclic) bond motifs is 1. The summed E-state index contributed by atoms with van der Waals surface area (Å²) in [7, 11) is -0.921. The average Bonchev–Trinajstić information content (AvgIpc) is 3.47. The molecule has 3 fully saturated rings. The van der Waals surface area contributed by atoms with Crippen LogP contribution >= 0.6 is 18.7 Å². The van der Waals surface area contributed by atoms with E-state index in [0.717, 1.165) is 68.3 Å². The summed E-state index contributed by atoms with van der Waals surface area (Å²) < 4.78 is 18.7. The topological polar surface area (TPSA) is 169 Å². The number of para-hydroxylation sites is 1. The largest absolute Gasteiger partial charge is 0.494 e. The molecular formula is C42H47ClN9O6P. The van der Waals surface area contributed by atoms with Crippen molar-refractivity contribution >= 4 is 76.5 Å². The van der Waals surface area contributed by atoms with E-state index < -0.39 is 36.8 Å². The van der Waals surface area contributed by atoms with E-state index in [0.29, 0.717) is 62.9 Å². The van der Waals surface area contributed by atoms with Crippen LogP contribution in [0.1, 0.15) is 52.0 Å². The number of amides is 4. The van der Waals surface area contributed by atoms with Crippen molar-refractivity contribution in [1.82, 2.24) is 30.0 Å². The van der Waals surface area contributed by atoms with Gasteiger partial charge in [-0.1, -0.05) is 29.8 Å². The highest BCUT2D eigenvalue weighted by atomic mass is 35.5. The van der Waals surface area contributed by atoms with E-state index in [1.807, 2.05) is 42.5 Å². The Morgan fingerprint density at radius 2 is 1.61 bits per heavy atom. The van der Waals surface area contributed by atoms with Crippen LogP contribution in [0.25, 0.3) is 0 Å². The van der Waals surface area contributed by atoms with Crippen LogP contribution in [0.2, 0.25) is 5.02 Å². The number of carbonyl (C=O) groups excluding carboxylic acids is 4. The van der Waals surface area contributed by atoms with Crippen molar-refractivity contribution in [3.63, 3.8) is 0 Å². The lowest BCUT2D eigenvalue weighted by Gasteiger charge is -2.43. The zero-order valence-electron chi connectivity index (χ0n) is 33.2. The molecule has 4 aliphatic heterocycles. The van der Waals surface area contributed by atoms with E-state index in [4.69, 9.17) is 16.3 Å². The lowest BCUT2D eigenvalue weighted by atomic mass is 10.0. The van der Waals surface area contributed by atoms with Gasteiger partial charge in [0.2, 0.25) is 17.8 Å². The molecule has 0 saturated carbocycles. The van der Waals surface area contributed by atoms with E-state index in [1.54, 1.807) is 32.6 Å². The minimum atomic E-state index is -2.56. The quantitative estimate of drug-likeness (QED) is 0.136. The molecule has 1 unspecified atom stereocenters. The maximum atomic E-state index is 13.3. The van der Waals surface area contributed by atoms with Crippen molar-refractivity contribution in [2.24, 2.45) is 0 Å². The number of hydrogen-bond acceptors (Lipinski definition) is 13. The number of likely N-dealkylation sites (tertiary alicyclic amines) is 1. The molecule has 3 N–H and O–H groups in total. The van der Waals surface area contributed by atoms with Crippen LogP contribution in [-0.2, 0) is 20.7 Å². The summed E-state index contributed by atoms with van der Waals surface area (Å²) in [5, 5.41) is 9.79. The molecule has 4 aromatic rings. The van der Waals surface area contributed by atoms with Crippen LogP contribution in [-0.4, -0.2) is 120 Å². The van der Waals surface area contributed by atoms with Crippen LogP contribution < -0.4 is 30.9 Å². The second kappa shape index (κ2) is 16.7. The number of halogens is 1. The summed E-state index contributed by atoms with van der Waals surface area (Å²) in [6.45, 7) is 9.61. The molecule has 0 aliphatic carbocycles. The van der Waals surface area contributed by atoms with Crippen LogP contribution in [0, 0.1) is 0 Å². The van der Waals surface area contributed by atoms with Crippen molar-refractivity contribution in [3.05, 3.63) is 88.6 Å². The molecule has 1 atom stereocenters. The molecule has 5 heterocycles. The van der Waals surface area contributed by atoms with Gasteiger partial charge in [0, 0.05) is 62.2 Å². The monoisotopic (exact) mass is 839 g/mol. The number of imide groups is 2. The number of aromatic nitrogens is 2. The lowest BCUT2D eigenvalue weighted by Crippen LogP contribution is -2.54. The van der Waals surface area contributed by atoms with Gasteiger partial charge in [0.05, 0.1) is 35.8 Å². The normalized spacial score (nSPS) is 19.5. The zero-order valence-corrected chi connectivity index (χ0v) is 34.9. The molecule has 0 radical (unpaired) electrons. The second-order valence-corrected chi connectivity index (χ2v) is 19.3. The Labute approximate surface area is 347 Å². The Morgan fingerprint density at radius 3 is 2.34 bits per heavy atom. The Balaban J connectivity index is 0.834. The Bertz CT molecular complexity index is 2360. The first-order valence-corrected chi connectivity index (χ1v) is 22.8. The molecule has 0 bridgehead atoms. The summed E-state index contributed by atoms with van der Waals surface area (Å²) in [4.78, 5) is 67.8. The standard InChI is InChI=1S/C42H47ClN9O6P/c1-58-35-23-28(9-11-32(35)46-42-44-24-31(43)38(48-42)45-33-6-4-5-7-36(33)59(2,3)57)51-20-18-50(19-21-51)27-14-16-49(17-15-27)25-26-8-10-29-30(22-26)41(56)52(40(29)55)34-12-13-37(53)47-39(34)54/h4-11,22-24,27,34H,12-21,25H2,1-3H3,(H,47,53,54)(H2,44,45,46,48). The molecule has 17 heteroatoms. The van der Waals surface area contributed by atoms with Crippen molar-refractivity contribution in [3.8, 4) is 5.75 Å². The number of piperidine rings is 2. The number of hydrogen-bond donors (Lipinski definition) is 3. The minimum Gasteiger partial charge on any atom is -0.494 e. The third-order valence-electron chi connectivity index (χ3n) is 11.6. The Hall–Kier alpha value is -5.34. The number of nitrogens with zero attached hydrogens (tertiary/aromatic N) is 6. The van der Waals surface area contributed by atoms with Crippen LogP contribution in [0.3, 0.4) is 0 Å². The molecule has 15 nitrogen and oxygen atoms in total. The van der Waals surface area contributed by atoms with Crippen molar-refractivity contribution in [2.75, 3.05) is 75.2 Å². The molecule has 3 aromatic carbocycles. The average molecular weight is 840 g/mol. The number of ether oxygens (including phenoxy) is 1. The fourth-order valence-electron chi connectivity index (χ4n) is 8.45. The maximum absolute atomic E-state index is 13.3. The van der Waals surface area contributed by atoms with Gasteiger partial charge in [-0.05, 0) is 87.6 Å². The number of anilines is 5. The van der Waals surface area contributed by atoms with Crippen molar-refractivity contribution in [1.29, 1.82) is 0 Å². The first kappa shape index (κ1) is 40.4. The first-order valence-electron chi connectivity index (χ1n) is 19.8. The van der Waals surface area contributed by atoms with Gasteiger partial charge in [-0.25, -0.2) is 4.98 Å². The van der Waals surface area contributed by atoms with Gasteiger partial charge in [-0.2, -0.15) is 4.98 Å². The summed E-state index contributed by atoms with van der Waals surface area (Å²) in [6, 6.07) is 18.3. The zero-order chi connectivity index (χ0) is 41.4. The molecular weight excluding hydrogens is 793 g/mol. The summed E-state index contributed by atoms with van der Waals surface area (Å²) >= 11 is 6.47. The highest BCUT2D eigenvalue weighted by Gasteiger charge is 2.44. The van der Waals surface area contributed by atoms with Crippen LogP contribution in [0.4, 0.5) is 28.8 Å². The molecule has 1 aromatic heterocycles. The fraction of sp³-hybridized carbons (Fsp3) is 0.381. The van der Waals surface area contributed by atoms with Crippen LogP contribution in [0.15, 0.2) is 66.9 Å². The molecule has 59 heavy (non-hydrogen) atoms. The third kappa shape index (κ3) is 8.56. The Morgan fingerprint density at radius 1 is 0.864 bits per heavy atom. The maximum Gasteiger partial charge on any atom is 0.262 e. The van der Waals surface area contributed by atoms with Gasteiger partial charge >= 0.3 is 0 Å². The predicted octanol–water partition coefficient (Wildman–Crippen LogP) is 5.06. The predicted molar refractivity (Wildman–Crippen MR) is 227 cm³/mol.